The zero-order valence-corrected chi connectivity index (χ0v) is 17.6. The van der Waals surface area contributed by atoms with Crippen LogP contribution in [-0.2, 0) is 11.2 Å². The van der Waals surface area contributed by atoms with Crippen LogP contribution in [0.5, 0.6) is 0 Å². The first kappa shape index (κ1) is 20.5. The van der Waals surface area contributed by atoms with E-state index >= 15 is 0 Å². The van der Waals surface area contributed by atoms with Crippen molar-refractivity contribution in [1.82, 2.24) is 9.97 Å². The summed E-state index contributed by atoms with van der Waals surface area (Å²) >= 11 is 1.68. The van der Waals surface area contributed by atoms with Gasteiger partial charge in [0.05, 0.1) is 21.8 Å². The summed E-state index contributed by atoms with van der Waals surface area (Å²) in [6.07, 6.45) is 8.47. The molecule has 0 fully saturated rings. The molecule has 0 spiro atoms. The third-order valence-electron chi connectivity index (χ3n) is 4.69. The maximum absolute atomic E-state index is 12.3. The van der Waals surface area contributed by atoms with E-state index in [1.165, 1.54) is 25.7 Å². The van der Waals surface area contributed by atoms with E-state index in [-0.39, 0.29) is 0 Å². The summed E-state index contributed by atoms with van der Waals surface area (Å²) in [5.74, 6) is 0.486. The van der Waals surface area contributed by atoms with Crippen molar-refractivity contribution in [2.24, 2.45) is 0 Å². The molecule has 3 rings (SSSR count). The zero-order chi connectivity index (χ0) is 19.8. The first-order valence-corrected chi connectivity index (χ1v) is 11.2. The molecule has 1 aromatic carbocycles. The smallest absolute Gasteiger partial charge is 0.412 e. The summed E-state index contributed by atoms with van der Waals surface area (Å²) in [6, 6.07) is 7.97. The van der Waals surface area contributed by atoms with Crippen molar-refractivity contribution in [2.75, 3.05) is 11.9 Å². The fourth-order valence-corrected chi connectivity index (χ4v) is 4.43. The van der Waals surface area contributed by atoms with E-state index in [1.54, 1.807) is 11.3 Å². The normalized spacial score (nSPS) is 11.2. The number of rotatable bonds is 10. The number of thiazole rings is 1. The fourth-order valence-electron chi connectivity index (χ4n) is 3.23. The quantitative estimate of drug-likeness (QED) is 0.385. The van der Waals surface area contributed by atoms with Gasteiger partial charge in [-0.25, -0.2) is 14.8 Å². The minimum atomic E-state index is -0.456. The Hall–Kier alpha value is -2.21. The van der Waals surface area contributed by atoms with Crippen LogP contribution in [0.25, 0.3) is 21.1 Å². The number of carbonyl (C=O) groups excluding carboxylic acids is 1. The molecule has 0 bridgehead atoms. The lowest BCUT2D eigenvalue weighted by atomic mass is 10.1. The molecule has 0 atom stereocenters. The van der Waals surface area contributed by atoms with Gasteiger partial charge in [-0.3, -0.25) is 5.32 Å². The van der Waals surface area contributed by atoms with Crippen LogP contribution in [0.1, 0.15) is 63.8 Å². The number of carbonyl (C=O) groups is 1. The van der Waals surface area contributed by atoms with Gasteiger partial charge in [0.2, 0.25) is 0 Å². The molecule has 0 aliphatic carbocycles. The van der Waals surface area contributed by atoms with E-state index in [4.69, 9.17) is 9.72 Å². The number of ether oxygens (including phenoxy) is 1. The molecule has 5 nitrogen and oxygen atoms in total. The van der Waals surface area contributed by atoms with E-state index in [0.717, 1.165) is 51.8 Å². The van der Waals surface area contributed by atoms with Crippen LogP contribution >= 0.6 is 11.3 Å². The Morgan fingerprint density at radius 1 is 1.04 bits per heavy atom. The van der Waals surface area contributed by atoms with Crippen LogP contribution in [-0.4, -0.2) is 22.7 Å². The number of para-hydroxylation sites is 1. The Morgan fingerprint density at radius 3 is 2.64 bits per heavy atom. The van der Waals surface area contributed by atoms with E-state index in [0.29, 0.717) is 12.4 Å². The molecule has 0 saturated carbocycles. The first-order valence-electron chi connectivity index (χ1n) is 10.3. The summed E-state index contributed by atoms with van der Waals surface area (Å²) in [5, 5.41) is 4.96. The molecule has 28 heavy (non-hydrogen) atoms. The van der Waals surface area contributed by atoms with Gasteiger partial charge in [-0.2, -0.15) is 0 Å². The number of aryl methyl sites for hydroxylation is 1. The van der Waals surface area contributed by atoms with Gasteiger partial charge < -0.3 is 4.74 Å². The lowest BCUT2D eigenvalue weighted by molar-refractivity contribution is 0.159. The summed E-state index contributed by atoms with van der Waals surface area (Å²) in [4.78, 5) is 21.6. The van der Waals surface area contributed by atoms with Crippen molar-refractivity contribution in [3.05, 3.63) is 29.3 Å². The summed E-state index contributed by atoms with van der Waals surface area (Å²) in [5.41, 5.74) is 1.61. The highest BCUT2D eigenvalue weighted by molar-refractivity contribution is 7.19. The molecular formula is C22H29N3O2S. The van der Waals surface area contributed by atoms with E-state index in [2.05, 4.69) is 30.2 Å². The largest absolute Gasteiger partial charge is 0.449 e. The minimum absolute atomic E-state index is 0.437. The highest BCUT2D eigenvalue weighted by atomic mass is 32.1. The standard InChI is InChI=1S/C22H29N3O2S/c1-3-5-6-7-8-11-15-27-22(26)25-21-19-20(28-18(24-19)12-4-2)16-13-9-10-14-17(16)23-21/h9-10,13-14H,3-8,11-12,15H2,1-2H3,(H,23,25,26). The number of hydrogen-bond donors (Lipinski definition) is 1. The number of pyridine rings is 1. The third-order valence-corrected chi connectivity index (χ3v) is 5.84. The second-order valence-corrected chi connectivity index (χ2v) is 8.13. The van der Waals surface area contributed by atoms with Gasteiger partial charge in [0, 0.05) is 5.39 Å². The first-order chi connectivity index (χ1) is 13.7. The molecule has 0 unspecified atom stereocenters. The Kier molecular flexibility index (Phi) is 7.60. The molecule has 150 valence electrons. The SMILES string of the molecule is CCCCCCCCOC(=O)Nc1nc2ccccc2c2sc(CCC)nc12. The zero-order valence-electron chi connectivity index (χ0n) is 16.8. The Bertz CT molecular complexity index is 923. The maximum Gasteiger partial charge on any atom is 0.412 e. The second kappa shape index (κ2) is 10.4. The van der Waals surface area contributed by atoms with Gasteiger partial charge in [-0.15, -0.1) is 11.3 Å². The van der Waals surface area contributed by atoms with Crippen LogP contribution in [0.3, 0.4) is 0 Å². The number of fused-ring (bicyclic) bond motifs is 3. The maximum atomic E-state index is 12.3. The molecule has 1 N–H and O–H groups in total. The minimum Gasteiger partial charge on any atom is -0.449 e. The average molecular weight is 400 g/mol. The van der Waals surface area contributed by atoms with Crippen molar-refractivity contribution in [2.45, 2.75) is 65.2 Å². The number of nitrogens with one attached hydrogen (secondary N) is 1. The molecule has 0 aliphatic heterocycles. The molecule has 2 aromatic heterocycles. The van der Waals surface area contributed by atoms with Crippen molar-refractivity contribution in [3.63, 3.8) is 0 Å². The Balaban J connectivity index is 1.68. The predicted molar refractivity (Wildman–Crippen MR) is 117 cm³/mol. The predicted octanol–water partition coefficient (Wildman–Crippen LogP) is 6.71. The van der Waals surface area contributed by atoms with Crippen molar-refractivity contribution in [3.8, 4) is 0 Å². The highest BCUT2D eigenvalue weighted by Gasteiger charge is 2.16. The van der Waals surface area contributed by atoms with Crippen LogP contribution in [0.15, 0.2) is 24.3 Å². The van der Waals surface area contributed by atoms with Crippen molar-refractivity contribution < 1.29 is 9.53 Å². The van der Waals surface area contributed by atoms with Gasteiger partial charge in [-0.05, 0) is 25.3 Å². The number of amides is 1. The number of benzene rings is 1. The number of anilines is 1. The summed E-state index contributed by atoms with van der Waals surface area (Å²) in [7, 11) is 0. The molecule has 2 heterocycles. The van der Waals surface area contributed by atoms with Crippen LogP contribution < -0.4 is 5.32 Å². The average Bonchev–Trinajstić information content (AvgIpc) is 3.12. The lowest BCUT2D eigenvalue weighted by Crippen LogP contribution is -2.15. The third kappa shape index (κ3) is 5.19. The van der Waals surface area contributed by atoms with E-state index < -0.39 is 6.09 Å². The second-order valence-electron chi connectivity index (χ2n) is 7.04. The van der Waals surface area contributed by atoms with Gasteiger partial charge in [0.15, 0.2) is 5.82 Å². The number of unbranched alkanes of at least 4 members (excludes halogenated alkanes) is 5. The monoisotopic (exact) mass is 399 g/mol. The molecule has 0 radical (unpaired) electrons. The molecule has 0 saturated heterocycles. The van der Waals surface area contributed by atoms with Crippen molar-refractivity contribution >= 4 is 44.4 Å². The van der Waals surface area contributed by atoms with Crippen LogP contribution in [0.2, 0.25) is 0 Å². The Labute approximate surface area is 170 Å². The number of hydrogen-bond acceptors (Lipinski definition) is 5. The van der Waals surface area contributed by atoms with Crippen LogP contribution in [0.4, 0.5) is 10.6 Å². The molecule has 1 amide bonds. The molecule has 0 aliphatic rings. The fraction of sp³-hybridized carbons (Fsp3) is 0.500. The van der Waals surface area contributed by atoms with Gasteiger partial charge in [-0.1, -0.05) is 64.2 Å². The summed E-state index contributed by atoms with van der Waals surface area (Å²) < 4.78 is 6.42. The van der Waals surface area contributed by atoms with E-state index in [9.17, 15) is 4.79 Å². The lowest BCUT2D eigenvalue weighted by Gasteiger charge is -2.08. The molecule has 3 aromatic rings. The van der Waals surface area contributed by atoms with Crippen molar-refractivity contribution in [1.29, 1.82) is 0 Å². The highest BCUT2D eigenvalue weighted by Crippen LogP contribution is 2.34. The number of aromatic nitrogens is 2. The van der Waals surface area contributed by atoms with Gasteiger partial charge in [0.25, 0.3) is 0 Å². The van der Waals surface area contributed by atoms with E-state index in [1.807, 2.05) is 18.2 Å². The van der Waals surface area contributed by atoms with Gasteiger partial charge >= 0.3 is 6.09 Å². The Morgan fingerprint density at radius 2 is 1.82 bits per heavy atom. The topological polar surface area (TPSA) is 64.1 Å². The number of nitrogens with zero attached hydrogens (tertiary/aromatic N) is 2. The molecule has 6 heteroatoms. The van der Waals surface area contributed by atoms with Gasteiger partial charge in [0.1, 0.15) is 5.52 Å². The molecular weight excluding hydrogens is 370 g/mol. The van der Waals surface area contributed by atoms with Crippen LogP contribution in [0, 0.1) is 0 Å². The summed E-state index contributed by atoms with van der Waals surface area (Å²) in [6.45, 7) is 4.78.